The Balaban J connectivity index is 1.89. The first-order valence-corrected chi connectivity index (χ1v) is 6.35. The minimum Gasteiger partial charge on any atom is -0.482 e. The lowest BCUT2D eigenvalue weighted by Gasteiger charge is -2.17. The third kappa shape index (κ3) is 2.74. The molecule has 1 aromatic heterocycles. The molecule has 2 aromatic rings. The summed E-state index contributed by atoms with van der Waals surface area (Å²) in [6, 6.07) is 9.40. The molecule has 0 bridgehead atoms. The van der Waals surface area contributed by atoms with Crippen molar-refractivity contribution in [1.29, 1.82) is 5.26 Å². The SMILES string of the molecule is N#Cc1cnccc1/C=C/c1ccc2c(c1)NC(=O)CO2. The number of hydrogen-bond donors (Lipinski definition) is 1. The van der Waals surface area contributed by atoms with Crippen LogP contribution in [0.1, 0.15) is 16.7 Å². The van der Waals surface area contributed by atoms with Crippen LogP contribution in [0.25, 0.3) is 12.2 Å². The summed E-state index contributed by atoms with van der Waals surface area (Å²) in [5.74, 6) is 0.498. The van der Waals surface area contributed by atoms with Crippen molar-refractivity contribution in [3.63, 3.8) is 0 Å². The number of hydrogen-bond acceptors (Lipinski definition) is 4. The minimum atomic E-state index is -0.162. The highest BCUT2D eigenvalue weighted by atomic mass is 16.5. The lowest BCUT2D eigenvalue weighted by molar-refractivity contribution is -0.118. The highest BCUT2D eigenvalue weighted by Gasteiger charge is 2.15. The van der Waals surface area contributed by atoms with Crippen molar-refractivity contribution in [1.82, 2.24) is 4.98 Å². The van der Waals surface area contributed by atoms with Crippen LogP contribution in [0.15, 0.2) is 36.7 Å². The zero-order chi connectivity index (χ0) is 14.7. The molecule has 5 nitrogen and oxygen atoms in total. The van der Waals surface area contributed by atoms with Crippen LogP contribution in [-0.4, -0.2) is 17.5 Å². The molecule has 0 fully saturated rings. The number of benzene rings is 1. The van der Waals surface area contributed by atoms with Gasteiger partial charge < -0.3 is 10.1 Å². The van der Waals surface area contributed by atoms with Crippen molar-refractivity contribution in [3.8, 4) is 11.8 Å². The molecule has 1 amide bonds. The van der Waals surface area contributed by atoms with Gasteiger partial charge in [0.15, 0.2) is 6.61 Å². The average Bonchev–Trinajstić information content (AvgIpc) is 2.52. The van der Waals surface area contributed by atoms with Gasteiger partial charge in [0.05, 0.1) is 11.3 Å². The van der Waals surface area contributed by atoms with E-state index < -0.39 is 0 Å². The summed E-state index contributed by atoms with van der Waals surface area (Å²) >= 11 is 0. The minimum absolute atomic E-state index is 0.0464. The predicted molar refractivity (Wildman–Crippen MR) is 78.4 cm³/mol. The molecule has 0 radical (unpaired) electrons. The van der Waals surface area contributed by atoms with Crippen molar-refractivity contribution in [2.24, 2.45) is 0 Å². The number of ether oxygens (including phenoxy) is 1. The predicted octanol–water partition coefficient (Wildman–Crippen LogP) is 2.45. The Hall–Kier alpha value is -3.13. The van der Waals surface area contributed by atoms with E-state index in [1.807, 2.05) is 30.4 Å². The van der Waals surface area contributed by atoms with E-state index in [1.54, 1.807) is 12.3 Å². The lowest BCUT2D eigenvalue weighted by Crippen LogP contribution is -2.25. The Labute approximate surface area is 121 Å². The molecule has 102 valence electrons. The molecular weight excluding hydrogens is 266 g/mol. The van der Waals surface area contributed by atoms with Gasteiger partial charge in [-0.2, -0.15) is 5.26 Å². The smallest absolute Gasteiger partial charge is 0.262 e. The number of nitriles is 1. The first-order chi connectivity index (χ1) is 10.3. The van der Waals surface area contributed by atoms with Crippen LogP contribution in [0.3, 0.4) is 0 Å². The van der Waals surface area contributed by atoms with Gasteiger partial charge in [-0.3, -0.25) is 9.78 Å². The van der Waals surface area contributed by atoms with Crippen molar-refractivity contribution in [2.45, 2.75) is 0 Å². The maximum atomic E-state index is 11.3. The topological polar surface area (TPSA) is 75.0 Å². The van der Waals surface area contributed by atoms with Gasteiger partial charge in [-0.25, -0.2) is 0 Å². The molecule has 0 spiro atoms. The van der Waals surface area contributed by atoms with E-state index in [9.17, 15) is 4.79 Å². The molecule has 0 unspecified atom stereocenters. The molecule has 0 saturated carbocycles. The van der Waals surface area contributed by atoms with Crippen molar-refractivity contribution in [3.05, 3.63) is 53.3 Å². The summed E-state index contributed by atoms with van der Waals surface area (Å²) in [6.45, 7) is 0.0464. The summed E-state index contributed by atoms with van der Waals surface area (Å²) in [5.41, 5.74) is 2.87. The molecular formula is C16H11N3O2. The van der Waals surface area contributed by atoms with Gasteiger partial charge in [0.1, 0.15) is 11.8 Å². The molecule has 1 aromatic carbocycles. The van der Waals surface area contributed by atoms with Crippen LogP contribution in [0, 0.1) is 11.3 Å². The van der Waals surface area contributed by atoms with E-state index >= 15 is 0 Å². The van der Waals surface area contributed by atoms with Crippen LogP contribution >= 0.6 is 0 Å². The van der Waals surface area contributed by atoms with Gasteiger partial charge in [-0.15, -0.1) is 0 Å². The van der Waals surface area contributed by atoms with Crippen LogP contribution in [0.2, 0.25) is 0 Å². The molecule has 0 atom stereocenters. The fourth-order valence-corrected chi connectivity index (χ4v) is 2.03. The van der Waals surface area contributed by atoms with E-state index in [0.29, 0.717) is 17.0 Å². The zero-order valence-corrected chi connectivity index (χ0v) is 11.0. The third-order valence-electron chi connectivity index (χ3n) is 3.07. The fraction of sp³-hybridized carbons (Fsp3) is 0.0625. The normalized spacial score (nSPS) is 13.2. The van der Waals surface area contributed by atoms with E-state index in [-0.39, 0.29) is 12.5 Å². The second-order valence-corrected chi connectivity index (χ2v) is 4.50. The number of carbonyl (C=O) groups excluding carboxylic acids is 1. The number of nitrogens with one attached hydrogen (secondary N) is 1. The molecule has 3 rings (SSSR count). The van der Waals surface area contributed by atoms with Crippen LogP contribution in [-0.2, 0) is 4.79 Å². The van der Waals surface area contributed by atoms with Crippen LogP contribution in [0.5, 0.6) is 5.75 Å². The highest BCUT2D eigenvalue weighted by molar-refractivity contribution is 5.95. The van der Waals surface area contributed by atoms with Gasteiger partial charge in [0, 0.05) is 12.4 Å². The molecule has 0 saturated heterocycles. The Morgan fingerprint density at radius 1 is 1.33 bits per heavy atom. The molecule has 2 heterocycles. The van der Waals surface area contributed by atoms with Gasteiger partial charge in [0.2, 0.25) is 0 Å². The van der Waals surface area contributed by atoms with Gasteiger partial charge in [0.25, 0.3) is 5.91 Å². The first-order valence-electron chi connectivity index (χ1n) is 6.35. The van der Waals surface area contributed by atoms with E-state index in [2.05, 4.69) is 16.4 Å². The summed E-state index contributed by atoms with van der Waals surface area (Å²) in [5, 5.41) is 11.8. The molecule has 1 aliphatic rings. The summed E-state index contributed by atoms with van der Waals surface area (Å²) in [4.78, 5) is 15.2. The Kier molecular flexibility index (Phi) is 3.36. The molecule has 21 heavy (non-hydrogen) atoms. The van der Waals surface area contributed by atoms with Gasteiger partial charge in [-0.1, -0.05) is 18.2 Å². The van der Waals surface area contributed by atoms with E-state index in [1.165, 1.54) is 6.20 Å². The molecule has 1 aliphatic heterocycles. The van der Waals surface area contributed by atoms with E-state index in [4.69, 9.17) is 10.00 Å². The summed E-state index contributed by atoms with van der Waals surface area (Å²) in [6.07, 6.45) is 6.88. The number of fused-ring (bicyclic) bond motifs is 1. The second kappa shape index (κ2) is 5.47. The van der Waals surface area contributed by atoms with Crippen LogP contribution < -0.4 is 10.1 Å². The Morgan fingerprint density at radius 2 is 2.24 bits per heavy atom. The largest absolute Gasteiger partial charge is 0.482 e. The Morgan fingerprint density at radius 3 is 3.10 bits per heavy atom. The van der Waals surface area contributed by atoms with Gasteiger partial charge >= 0.3 is 0 Å². The van der Waals surface area contributed by atoms with Crippen molar-refractivity contribution < 1.29 is 9.53 Å². The number of anilines is 1. The maximum absolute atomic E-state index is 11.3. The highest BCUT2D eigenvalue weighted by Crippen LogP contribution is 2.29. The zero-order valence-electron chi connectivity index (χ0n) is 11.0. The number of nitrogens with zero attached hydrogens (tertiary/aromatic N) is 2. The van der Waals surface area contributed by atoms with Crippen molar-refractivity contribution in [2.75, 3.05) is 11.9 Å². The monoisotopic (exact) mass is 277 g/mol. The van der Waals surface area contributed by atoms with Crippen LogP contribution in [0.4, 0.5) is 5.69 Å². The molecule has 5 heteroatoms. The quantitative estimate of drug-likeness (QED) is 0.914. The third-order valence-corrected chi connectivity index (χ3v) is 3.07. The second-order valence-electron chi connectivity index (χ2n) is 4.50. The number of aromatic nitrogens is 1. The number of carbonyl (C=O) groups is 1. The first kappa shape index (κ1) is 12.9. The Bertz CT molecular complexity index is 775. The van der Waals surface area contributed by atoms with E-state index in [0.717, 1.165) is 11.1 Å². The number of amides is 1. The fourth-order valence-electron chi connectivity index (χ4n) is 2.03. The lowest BCUT2D eigenvalue weighted by atomic mass is 10.1. The maximum Gasteiger partial charge on any atom is 0.262 e. The standard InChI is InChI=1S/C16H11N3O2/c17-8-13-9-18-6-5-12(13)3-1-11-2-4-15-14(7-11)19-16(20)10-21-15/h1-7,9H,10H2,(H,19,20)/b3-1+. The molecule has 1 N–H and O–H groups in total. The molecule has 0 aliphatic carbocycles. The summed E-state index contributed by atoms with van der Waals surface area (Å²) < 4.78 is 5.30. The van der Waals surface area contributed by atoms with Crippen molar-refractivity contribution >= 4 is 23.7 Å². The number of rotatable bonds is 2. The van der Waals surface area contributed by atoms with Gasteiger partial charge in [-0.05, 0) is 29.3 Å². The number of pyridine rings is 1. The summed E-state index contributed by atoms with van der Waals surface area (Å²) in [7, 11) is 0. The average molecular weight is 277 g/mol.